The molecule has 0 unspecified atom stereocenters. The summed E-state index contributed by atoms with van der Waals surface area (Å²) in [4.78, 5) is 10.6. The zero-order chi connectivity index (χ0) is 23.6. The summed E-state index contributed by atoms with van der Waals surface area (Å²) in [6.45, 7) is 1.43. The molecule has 5 heteroatoms. The van der Waals surface area contributed by atoms with Gasteiger partial charge in [-0.3, -0.25) is 4.79 Å². The molecule has 2 aliphatic rings. The zero-order valence-electron chi connectivity index (χ0n) is 20.1. The highest BCUT2D eigenvalue weighted by molar-refractivity contribution is 5.66. The summed E-state index contributed by atoms with van der Waals surface area (Å²) in [5, 5.41) is 8.69. The molecule has 4 rings (SSSR count). The second kappa shape index (κ2) is 12.8. The minimum Gasteiger partial charge on any atom is -0.494 e. The van der Waals surface area contributed by atoms with Gasteiger partial charge in [0.15, 0.2) is 0 Å². The number of aryl methyl sites for hydroxylation is 1. The van der Waals surface area contributed by atoms with Crippen LogP contribution in [-0.2, 0) is 16.0 Å². The lowest BCUT2D eigenvalue weighted by Crippen LogP contribution is -2.29. The van der Waals surface area contributed by atoms with Crippen molar-refractivity contribution in [3.63, 3.8) is 0 Å². The van der Waals surface area contributed by atoms with Crippen molar-refractivity contribution in [2.75, 3.05) is 13.2 Å². The van der Waals surface area contributed by atoms with Crippen molar-refractivity contribution >= 4 is 5.97 Å². The van der Waals surface area contributed by atoms with Gasteiger partial charge in [-0.15, -0.1) is 0 Å². The van der Waals surface area contributed by atoms with Crippen LogP contribution in [0.2, 0.25) is 0 Å². The Morgan fingerprint density at radius 2 is 1.53 bits per heavy atom. The Morgan fingerprint density at radius 1 is 0.824 bits per heavy atom. The number of carbonyl (C=O) groups is 1. The van der Waals surface area contributed by atoms with Gasteiger partial charge in [-0.2, -0.15) is 0 Å². The van der Waals surface area contributed by atoms with Crippen LogP contribution in [0.25, 0.3) is 0 Å². The Labute approximate surface area is 203 Å². The van der Waals surface area contributed by atoms with Gasteiger partial charge in [0.2, 0.25) is 0 Å². The van der Waals surface area contributed by atoms with Gasteiger partial charge < -0.3 is 19.3 Å². The maximum absolute atomic E-state index is 10.6. The number of ether oxygens (including phenoxy) is 3. The van der Waals surface area contributed by atoms with Crippen molar-refractivity contribution in [2.24, 2.45) is 11.8 Å². The highest BCUT2D eigenvalue weighted by Gasteiger charge is 2.47. The van der Waals surface area contributed by atoms with E-state index in [1.54, 1.807) is 0 Å². The lowest BCUT2D eigenvalue weighted by molar-refractivity contribution is -0.137. The summed E-state index contributed by atoms with van der Waals surface area (Å²) in [5.74, 6) is 2.36. The van der Waals surface area contributed by atoms with E-state index < -0.39 is 5.97 Å². The molecule has 0 radical (unpaired) electrons. The third-order valence-corrected chi connectivity index (χ3v) is 7.27. The topological polar surface area (TPSA) is 65.0 Å². The summed E-state index contributed by atoms with van der Waals surface area (Å²) >= 11 is 0. The van der Waals surface area contributed by atoms with Crippen molar-refractivity contribution in [3.8, 4) is 11.5 Å². The number of hydrogen-bond acceptors (Lipinski definition) is 4. The number of para-hydroxylation sites is 1. The van der Waals surface area contributed by atoms with Crippen LogP contribution in [0.5, 0.6) is 11.5 Å². The van der Waals surface area contributed by atoms with Crippen LogP contribution < -0.4 is 9.47 Å². The molecule has 2 bridgehead atoms. The fraction of sp³-hybridized carbons (Fsp3) is 0.552. The number of fused-ring (bicyclic) bond motifs is 2. The molecule has 0 amide bonds. The van der Waals surface area contributed by atoms with Gasteiger partial charge in [0, 0.05) is 6.42 Å². The molecule has 5 nitrogen and oxygen atoms in total. The first-order valence-corrected chi connectivity index (χ1v) is 13.0. The van der Waals surface area contributed by atoms with Gasteiger partial charge in [-0.25, -0.2) is 0 Å². The Kier molecular flexibility index (Phi) is 9.26. The number of benzene rings is 2. The smallest absolute Gasteiger partial charge is 0.303 e. The third-order valence-electron chi connectivity index (χ3n) is 7.27. The molecule has 0 saturated carbocycles. The highest BCUT2D eigenvalue weighted by atomic mass is 16.5. The van der Waals surface area contributed by atoms with Crippen LogP contribution in [0.3, 0.4) is 0 Å². The molecule has 2 fully saturated rings. The van der Waals surface area contributed by atoms with Crippen molar-refractivity contribution in [1.82, 2.24) is 0 Å². The highest BCUT2D eigenvalue weighted by Crippen LogP contribution is 2.47. The molecule has 2 aliphatic heterocycles. The third kappa shape index (κ3) is 7.23. The predicted molar refractivity (Wildman–Crippen MR) is 132 cm³/mol. The zero-order valence-corrected chi connectivity index (χ0v) is 20.1. The standard InChI is InChI=1S/C29H38O5/c30-29(31)13-6-1-2-7-19-32-24-12-8-9-22(21-24)14-15-25-26(28-17-16-27(25)34-28)18-20-33-23-10-4-3-5-11-23/h3-5,8-12,21,25-28H,1-2,6-7,13-20H2,(H,30,31)/t25-,26+,27-,28+/m1/s1. The Balaban J connectivity index is 1.19. The number of carboxylic acids is 1. The van der Waals surface area contributed by atoms with Crippen LogP contribution in [0.1, 0.15) is 63.4 Å². The first-order chi connectivity index (χ1) is 16.7. The summed E-state index contributed by atoms with van der Waals surface area (Å²) in [6, 6.07) is 18.5. The van der Waals surface area contributed by atoms with E-state index in [-0.39, 0.29) is 6.42 Å². The van der Waals surface area contributed by atoms with E-state index in [9.17, 15) is 4.79 Å². The van der Waals surface area contributed by atoms with Crippen LogP contribution in [-0.4, -0.2) is 36.5 Å². The average Bonchev–Trinajstić information content (AvgIpc) is 3.45. The summed E-state index contributed by atoms with van der Waals surface area (Å²) in [5.41, 5.74) is 1.32. The molecule has 2 saturated heterocycles. The molecule has 184 valence electrons. The predicted octanol–water partition coefficient (Wildman–Crippen LogP) is 6.30. The summed E-state index contributed by atoms with van der Waals surface area (Å²) < 4.78 is 18.2. The maximum atomic E-state index is 10.6. The van der Waals surface area contributed by atoms with E-state index in [0.29, 0.717) is 30.7 Å². The molecule has 2 heterocycles. The second-order valence-electron chi connectivity index (χ2n) is 9.66. The van der Waals surface area contributed by atoms with Crippen molar-refractivity contribution in [1.29, 1.82) is 0 Å². The second-order valence-corrected chi connectivity index (χ2v) is 9.66. The van der Waals surface area contributed by atoms with E-state index in [0.717, 1.165) is 63.1 Å². The Bertz CT molecular complexity index is 883. The van der Waals surface area contributed by atoms with Gasteiger partial charge in [-0.05, 0) is 86.6 Å². The number of unbranched alkanes of at least 4 members (excludes halogenated alkanes) is 3. The first-order valence-electron chi connectivity index (χ1n) is 13.0. The lowest BCUT2D eigenvalue weighted by Gasteiger charge is -2.28. The quantitative estimate of drug-likeness (QED) is 0.312. The van der Waals surface area contributed by atoms with Crippen molar-refractivity contribution in [3.05, 3.63) is 60.2 Å². The van der Waals surface area contributed by atoms with Crippen LogP contribution in [0.15, 0.2) is 54.6 Å². The summed E-state index contributed by atoms with van der Waals surface area (Å²) in [7, 11) is 0. The fourth-order valence-electron chi connectivity index (χ4n) is 5.55. The monoisotopic (exact) mass is 466 g/mol. The minimum absolute atomic E-state index is 0.261. The van der Waals surface area contributed by atoms with E-state index >= 15 is 0 Å². The van der Waals surface area contributed by atoms with E-state index in [4.69, 9.17) is 19.3 Å². The van der Waals surface area contributed by atoms with Gasteiger partial charge in [0.25, 0.3) is 0 Å². The molecule has 34 heavy (non-hydrogen) atoms. The molecular formula is C29H38O5. The van der Waals surface area contributed by atoms with E-state index in [1.807, 2.05) is 36.4 Å². The average molecular weight is 467 g/mol. The van der Waals surface area contributed by atoms with Crippen molar-refractivity contribution in [2.45, 2.75) is 76.4 Å². The minimum atomic E-state index is -0.711. The van der Waals surface area contributed by atoms with Gasteiger partial charge in [0.1, 0.15) is 11.5 Å². The molecule has 2 aromatic carbocycles. The van der Waals surface area contributed by atoms with E-state index in [1.165, 1.54) is 18.4 Å². The van der Waals surface area contributed by atoms with Crippen molar-refractivity contribution < 1.29 is 24.1 Å². The molecule has 0 aromatic heterocycles. The molecule has 2 aromatic rings. The van der Waals surface area contributed by atoms with E-state index in [2.05, 4.69) is 18.2 Å². The largest absolute Gasteiger partial charge is 0.494 e. The number of aliphatic carboxylic acids is 1. The normalized spacial score (nSPS) is 23.2. The molecular weight excluding hydrogens is 428 g/mol. The first kappa shape index (κ1) is 24.6. The molecule has 0 spiro atoms. The maximum Gasteiger partial charge on any atom is 0.303 e. The molecule has 4 atom stereocenters. The lowest BCUT2D eigenvalue weighted by atomic mass is 9.75. The number of hydrogen-bond donors (Lipinski definition) is 1. The van der Waals surface area contributed by atoms with Gasteiger partial charge in [0.05, 0.1) is 25.4 Å². The number of rotatable bonds is 15. The Morgan fingerprint density at radius 3 is 2.32 bits per heavy atom. The SMILES string of the molecule is O=C(O)CCCCCCOc1cccc(CC[C@@H]2[C@H](CCOc3ccccc3)[C@@H]3CC[C@H]2O3)c1. The van der Waals surface area contributed by atoms with Gasteiger partial charge in [-0.1, -0.05) is 43.2 Å². The molecule has 0 aliphatic carbocycles. The fourth-order valence-corrected chi connectivity index (χ4v) is 5.55. The van der Waals surface area contributed by atoms with Crippen LogP contribution in [0, 0.1) is 11.8 Å². The van der Waals surface area contributed by atoms with Crippen LogP contribution >= 0.6 is 0 Å². The number of carboxylic acid groups (broad SMARTS) is 1. The van der Waals surface area contributed by atoms with Gasteiger partial charge >= 0.3 is 5.97 Å². The molecule has 1 N–H and O–H groups in total. The van der Waals surface area contributed by atoms with Crippen LogP contribution in [0.4, 0.5) is 0 Å². The summed E-state index contributed by atoms with van der Waals surface area (Å²) in [6.07, 6.45) is 10.4. The Hall–Kier alpha value is -2.53.